The van der Waals surface area contributed by atoms with Crippen molar-refractivity contribution in [1.82, 2.24) is 20.0 Å². The van der Waals surface area contributed by atoms with E-state index >= 15 is 0 Å². The monoisotopic (exact) mass is 484 g/mol. The van der Waals surface area contributed by atoms with E-state index in [0.29, 0.717) is 6.54 Å². The van der Waals surface area contributed by atoms with E-state index in [1.807, 2.05) is 60.7 Å². The highest BCUT2D eigenvalue weighted by Crippen LogP contribution is 2.34. The number of likely N-dealkylation sites (N-methyl/N-ethyl adjacent to an activating group) is 1. The molecule has 4 aromatic rings. The van der Waals surface area contributed by atoms with Crippen molar-refractivity contribution in [1.29, 1.82) is 0 Å². The number of nitrogens with one attached hydrogen (secondary N) is 1. The van der Waals surface area contributed by atoms with Crippen LogP contribution in [0.15, 0.2) is 84.9 Å². The lowest BCUT2D eigenvalue weighted by atomic mass is 10.0. The molecule has 0 saturated heterocycles. The molecule has 0 spiro atoms. The summed E-state index contributed by atoms with van der Waals surface area (Å²) in [5, 5.41) is 7.43. The lowest BCUT2D eigenvalue weighted by molar-refractivity contribution is 0.0717. The third-order valence-electron chi connectivity index (χ3n) is 6.15. The van der Waals surface area contributed by atoms with Gasteiger partial charge in [0, 0.05) is 20.1 Å². The first-order chi connectivity index (χ1) is 17.5. The van der Waals surface area contributed by atoms with Gasteiger partial charge >= 0.3 is 0 Å². The van der Waals surface area contributed by atoms with Crippen LogP contribution in [0.4, 0.5) is 4.39 Å². The summed E-state index contributed by atoms with van der Waals surface area (Å²) in [6, 6.07) is 24.8. The van der Waals surface area contributed by atoms with Crippen molar-refractivity contribution in [2.75, 3.05) is 13.6 Å². The van der Waals surface area contributed by atoms with Crippen LogP contribution in [-0.2, 0) is 13.2 Å². The second kappa shape index (κ2) is 10.0. The van der Waals surface area contributed by atoms with Gasteiger partial charge in [-0.25, -0.2) is 9.07 Å². The SMILES string of the molecule is CN1CC(c2ccccc2)n2nc(C(=O)NCc3ccc(F)cc3)c(OCc3ccccc3)c2C1=O. The van der Waals surface area contributed by atoms with E-state index < -0.39 is 5.91 Å². The molecule has 3 aromatic carbocycles. The minimum atomic E-state index is -0.480. The van der Waals surface area contributed by atoms with Crippen molar-refractivity contribution in [3.05, 3.63) is 119 Å². The number of hydrogen-bond donors (Lipinski definition) is 1. The van der Waals surface area contributed by atoms with E-state index in [4.69, 9.17) is 4.74 Å². The first-order valence-corrected chi connectivity index (χ1v) is 11.6. The molecule has 8 heteroatoms. The van der Waals surface area contributed by atoms with Gasteiger partial charge in [0.25, 0.3) is 11.8 Å². The number of carbonyl (C=O) groups excluding carboxylic acids is 2. The van der Waals surface area contributed by atoms with Crippen molar-refractivity contribution in [2.45, 2.75) is 19.2 Å². The molecule has 1 unspecified atom stereocenters. The summed E-state index contributed by atoms with van der Waals surface area (Å²) >= 11 is 0. The minimum Gasteiger partial charge on any atom is -0.484 e. The van der Waals surface area contributed by atoms with Gasteiger partial charge in [0.15, 0.2) is 17.1 Å². The summed E-state index contributed by atoms with van der Waals surface area (Å²) in [5.41, 5.74) is 2.87. The van der Waals surface area contributed by atoms with Gasteiger partial charge in [-0.3, -0.25) is 9.59 Å². The molecule has 2 amide bonds. The number of fused-ring (bicyclic) bond motifs is 1. The van der Waals surface area contributed by atoms with E-state index in [1.54, 1.807) is 28.8 Å². The fourth-order valence-corrected chi connectivity index (χ4v) is 4.25. The maximum absolute atomic E-state index is 13.3. The van der Waals surface area contributed by atoms with Crippen LogP contribution in [0.3, 0.4) is 0 Å². The van der Waals surface area contributed by atoms with Gasteiger partial charge in [-0.2, -0.15) is 5.10 Å². The van der Waals surface area contributed by atoms with Gasteiger partial charge in [0.2, 0.25) is 0 Å². The summed E-state index contributed by atoms with van der Waals surface area (Å²) < 4.78 is 21.0. The zero-order valence-corrected chi connectivity index (χ0v) is 19.7. The molecular weight excluding hydrogens is 459 g/mol. The highest BCUT2D eigenvalue weighted by Gasteiger charge is 2.38. The molecule has 5 rings (SSSR count). The first-order valence-electron chi connectivity index (χ1n) is 11.6. The quantitative estimate of drug-likeness (QED) is 0.427. The summed E-state index contributed by atoms with van der Waals surface area (Å²) in [4.78, 5) is 28.2. The Hall–Kier alpha value is -4.46. The second-order valence-corrected chi connectivity index (χ2v) is 8.67. The van der Waals surface area contributed by atoms with Gasteiger partial charge in [-0.1, -0.05) is 72.8 Å². The number of halogens is 1. The number of ether oxygens (including phenoxy) is 1. The van der Waals surface area contributed by atoms with E-state index in [2.05, 4.69) is 10.4 Å². The molecule has 36 heavy (non-hydrogen) atoms. The first kappa shape index (κ1) is 23.3. The third-order valence-corrected chi connectivity index (χ3v) is 6.15. The fraction of sp³-hybridized carbons (Fsp3) is 0.179. The average Bonchev–Trinajstić information content (AvgIpc) is 3.30. The van der Waals surface area contributed by atoms with Crippen molar-refractivity contribution >= 4 is 11.8 Å². The standard InChI is InChI=1S/C28H25FN4O3/c1-32-17-23(21-10-6-3-7-11-21)33-25(28(32)35)26(36-18-20-8-4-2-5-9-20)24(31-33)27(34)30-16-19-12-14-22(29)15-13-19/h2-15,23H,16-18H2,1H3,(H,30,34). The summed E-state index contributed by atoms with van der Waals surface area (Å²) in [5.74, 6) is -0.951. The minimum absolute atomic E-state index is 0.0348. The molecule has 182 valence electrons. The van der Waals surface area contributed by atoms with Crippen LogP contribution in [0.5, 0.6) is 5.75 Å². The van der Waals surface area contributed by atoms with E-state index in [0.717, 1.165) is 16.7 Å². The predicted octanol–water partition coefficient (Wildman–Crippen LogP) is 4.21. The molecule has 0 bridgehead atoms. The van der Waals surface area contributed by atoms with Crippen molar-refractivity contribution in [2.24, 2.45) is 0 Å². The molecule has 0 radical (unpaired) electrons. The molecular formula is C28H25FN4O3. The molecule has 0 fully saturated rings. The Kier molecular flexibility index (Phi) is 6.49. The number of rotatable bonds is 7. The largest absolute Gasteiger partial charge is 0.484 e. The number of nitrogens with zero attached hydrogens (tertiary/aromatic N) is 3. The molecule has 2 heterocycles. The lowest BCUT2D eigenvalue weighted by Gasteiger charge is -2.31. The van der Waals surface area contributed by atoms with Crippen molar-refractivity contribution < 1.29 is 18.7 Å². The highest BCUT2D eigenvalue weighted by atomic mass is 19.1. The topological polar surface area (TPSA) is 76.5 Å². The van der Waals surface area contributed by atoms with Crippen LogP contribution in [0, 0.1) is 5.82 Å². The fourth-order valence-electron chi connectivity index (χ4n) is 4.25. The summed E-state index contributed by atoms with van der Waals surface area (Å²) in [7, 11) is 1.73. The normalized spacial score (nSPS) is 14.9. The average molecular weight is 485 g/mol. The third kappa shape index (κ3) is 4.70. The zero-order valence-electron chi connectivity index (χ0n) is 19.7. The van der Waals surface area contributed by atoms with Crippen LogP contribution >= 0.6 is 0 Å². The predicted molar refractivity (Wildman–Crippen MR) is 132 cm³/mol. The smallest absolute Gasteiger partial charge is 0.275 e. The number of carbonyl (C=O) groups is 2. The van der Waals surface area contributed by atoms with Crippen LogP contribution in [0.25, 0.3) is 0 Å². The number of benzene rings is 3. The lowest BCUT2D eigenvalue weighted by Crippen LogP contribution is -2.41. The van der Waals surface area contributed by atoms with Gasteiger partial charge in [0.1, 0.15) is 12.4 Å². The maximum Gasteiger partial charge on any atom is 0.275 e. The van der Waals surface area contributed by atoms with E-state index in [1.165, 1.54) is 12.1 Å². The molecule has 7 nitrogen and oxygen atoms in total. The van der Waals surface area contributed by atoms with Gasteiger partial charge in [0.05, 0.1) is 6.04 Å². The number of aromatic nitrogens is 2. The Morgan fingerprint density at radius 1 is 1.00 bits per heavy atom. The van der Waals surface area contributed by atoms with Crippen molar-refractivity contribution in [3.8, 4) is 5.75 Å². The number of amides is 2. The van der Waals surface area contributed by atoms with Gasteiger partial charge < -0.3 is 15.0 Å². The van der Waals surface area contributed by atoms with E-state index in [9.17, 15) is 14.0 Å². The maximum atomic E-state index is 13.3. The summed E-state index contributed by atoms with van der Waals surface area (Å²) in [6.07, 6.45) is 0. The Morgan fingerprint density at radius 3 is 2.36 bits per heavy atom. The second-order valence-electron chi connectivity index (χ2n) is 8.67. The molecule has 1 atom stereocenters. The Balaban J connectivity index is 1.52. The van der Waals surface area contributed by atoms with E-state index in [-0.39, 0.29) is 48.1 Å². The van der Waals surface area contributed by atoms with Crippen molar-refractivity contribution in [3.63, 3.8) is 0 Å². The number of hydrogen-bond acceptors (Lipinski definition) is 4. The van der Waals surface area contributed by atoms with Crippen LogP contribution < -0.4 is 10.1 Å². The molecule has 1 N–H and O–H groups in total. The van der Waals surface area contributed by atoms with Gasteiger partial charge in [-0.05, 0) is 28.8 Å². The zero-order chi connectivity index (χ0) is 25.1. The molecule has 1 aromatic heterocycles. The Bertz CT molecular complexity index is 1370. The van der Waals surface area contributed by atoms with Crippen LogP contribution in [-0.4, -0.2) is 40.1 Å². The van der Waals surface area contributed by atoms with Crippen LogP contribution in [0.2, 0.25) is 0 Å². The van der Waals surface area contributed by atoms with Crippen LogP contribution in [0.1, 0.15) is 43.7 Å². The highest BCUT2D eigenvalue weighted by molar-refractivity contribution is 6.02. The molecule has 0 aliphatic carbocycles. The molecule has 1 aliphatic heterocycles. The Labute approximate surface area is 208 Å². The Morgan fingerprint density at radius 2 is 1.67 bits per heavy atom. The molecule has 1 aliphatic rings. The van der Waals surface area contributed by atoms with Gasteiger partial charge in [-0.15, -0.1) is 0 Å². The summed E-state index contributed by atoms with van der Waals surface area (Å²) in [6.45, 7) is 0.756. The molecule has 0 saturated carbocycles.